The number of ether oxygens (including phenoxy) is 1. The van der Waals surface area contributed by atoms with Gasteiger partial charge in [-0.15, -0.1) is 16.8 Å². The molecule has 0 bridgehead atoms. The third kappa shape index (κ3) is 6.61. The number of carbonyl (C=O) groups excluding carboxylic acids is 1. The maximum Gasteiger partial charge on any atom is 0.234 e. The Hall–Kier alpha value is -2.77. The van der Waals surface area contributed by atoms with Crippen molar-refractivity contribution in [2.75, 3.05) is 11.1 Å². The maximum absolute atomic E-state index is 12.3. The highest BCUT2D eigenvalue weighted by Crippen LogP contribution is 2.25. The lowest BCUT2D eigenvalue weighted by Crippen LogP contribution is -2.15. The van der Waals surface area contributed by atoms with E-state index in [-0.39, 0.29) is 23.7 Å². The summed E-state index contributed by atoms with van der Waals surface area (Å²) in [6.07, 6.45) is 1.77. The van der Waals surface area contributed by atoms with Gasteiger partial charge in [0.05, 0.1) is 5.75 Å². The molecule has 0 saturated heterocycles. The number of rotatable bonds is 9. The molecule has 8 heteroatoms. The van der Waals surface area contributed by atoms with Gasteiger partial charge >= 0.3 is 0 Å². The third-order valence-corrected chi connectivity index (χ3v) is 5.87. The minimum Gasteiger partial charge on any atom is -0.486 e. The Morgan fingerprint density at radius 1 is 1.16 bits per heavy atom. The van der Waals surface area contributed by atoms with E-state index in [9.17, 15) is 4.79 Å². The average molecular weight is 471 g/mol. The highest BCUT2D eigenvalue weighted by atomic mass is 35.5. The molecule has 0 aliphatic rings. The van der Waals surface area contributed by atoms with E-state index in [0.29, 0.717) is 28.2 Å². The number of anilines is 1. The Labute approximate surface area is 198 Å². The molecular formula is C24H27ClN4O2S. The number of thioether (sulfide) groups is 1. The zero-order valence-corrected chi connectivity index (χ0v) is 20.0. The fourth-order valence-electron chi connectivity index (χ4n) is 2.90. The zero-order chi connectivity index (χ0) is 23.1. The van der Waals surface area contributed by atoms with Crippen LogP contribution in [-0.4, -0.2) is 26.4 Å². The average Bonchev–Trinajstić information content (AvgIpc) is 3.14. The minimum atomic E-state index is -0.137. The van der Waals surface area contributed by atoms with Crippen molar-refractivity contribution in [2.45, 2.75) is 44.5 Å². The second kappa shape index (κ2) is 10.7. The highest BCUT2D eigenvalue weighted by molar-refractivity contribution is 7.99. The van der Waals surface area contributed by atoms with Gasteiger partial charge in [-0.05, 0) is 47.4 Å². The molecule has 1 heterocycles. The van der Waals surface area contributed by atoms with Crippen LogP contribution >= 0.6 is 23.4 Å². The van der Waals surface area contributed by atoms with Crippen LogP contribution in [-0.2, 0) is 23.4 Å². The molecule has 1 amide bonds. The van der Waals surface area contributed by atoms with Crippen molar-refractivity contribution in [1.82, 2.24) is 14.8 Å². The first kappa shape index (κ1) is 23.9. The van der Waals surface area contributed by atoms with Gasteiger partial charge in [-0.2, -0.15) is 0 Å². The van der Waals surface area contributed by atoms with Crippen LogP contribution in [0.5, 0.6) is 5.75 Å². The zero-order valence-electron chi connectivity index (χ0n) is 18.5. The lowest BCUT2D eigenvalue weighted by Gasteiger charge is -2.19. The molecule has 0 unspecified atom stereocenters. The van der Waals surface area contributed by atoms with Crippen molar-refractivity contribution >= 4 is 35.0 Å². The van der Waals surface area contributed by atoms with E-state index in [1.807, 2.05) is 16.7 Å². The standard InChI is InChI=1S/C24H27ClN4O2S/c1-5-14-29-21(15-31-20-12-6-17(7-13-20)24(2,3)4)27-28-23(29)32-16-22(30)26-19-10-8-18(25)9-11-19/h5-13H,1,14-16H2,2-4H3,(H,26,30). The van der Waals surface area contributed by atoms with Crippen molar-refractivity contribution in [2.24, 2.45) is 0 Å². The number of benzene rings is 2. The molecule has 1 N–H and O–H groups in total. The van der Waals surface area contributed by atoms with Gasteiger partial charge in [-0.3, -0.25) is 9.36 Å². The number of hydrogen-bond donors (Lipinski definition) is 1. The first-order valence-corrected chi connectivity index (χ1v) is 11.6. The Balaban J connectivity index is 1.60. The molecule has 0 radical (unpaired) electrons. The first-order valence-electron chi connectivity index (χ1n) is 10.2. The smallest absolute Gasteiger partial charge is 0.234 e. The van der Waals surface area contributed by atoms with Crippen molar-refractivity contribution in [1.29, 1.82) is 0 Å². The van der Waals surface area contributed by atoms with E-state index in [4.69, 9.17) is 16.3 Å². The summed E-state index contributed by atoms with van der Waals surface area (Å²) in [5.74, 6) is 1.50. The molecule has 6 nitrogen and oxygen atoms in total. The summed E-state index contributed by atoms with van der Waals surface area (Å²) >= 11 is 7.19. The topological polar surface area (TPSA) is 69.0 Å². The number of hydrogen-bond acceptors (Lipinski definition) is 5. The van der Waals surface area contributed by atoms with E-state index in [2.05, 4.69) is 55.0 Å². The number of halogens is 1. The van der Waals surface area contributed by atoms with E-state index in [1.165, 1.54) is 17.3 Å². The lowest BCUT2D eigenvalue weighted by molar-refractivity contribution is -0.113. The van der Waals surface area contributed by atoms with Gasteiger partial charge < -0.3 is 10.1 Å². The molecule has 168 valence electrons. The number of carbonyl (C=O) groups is 1. The Kier molecular flexibility index (Phi) is 7.99. The fourth-order valence-corrected chi connectivity index (χ4v) is 3.80. The fraction of sp³-hybridized carbons (Fsp3) is 0.292. The van der Waals surface area contributed by atoms with E-state index < -0.39 is 0 Å². The van der Waals surface area contributed by atoms with Crippen molar-refractivity contribution in [3.63, 3.8) is 0 Å². The number of nitrogens with one attached hydrogen (secondary N) is 1. The van der Waals surface area contributed by atoms with Crippen LogP contribution in [0, 0.1) is 0 Å². The predicted molar refractivity (Wildman–Crippen MR) is 130 cm³/mol. The number of amides is 1. The monoisotopic (exact) mass is 470 g/mol. The highest BCUT2D eigenvalue weighted by Gasteiger charge is 2.15. The third-order valence-electron chi connectivity index (χ3n) is 4.65. The maximum atomic E-state index is 12.3. The quantitative estimate of drug-likeness (QED) is 0.319. The van der Waals surface area contributed by atoms with Gasteiger partial charge in [-0.25, -0.2) is 0 Å². The molecule has 0 aliphatic heterocycles. The van der Waals surface area contributed by atoms with Gasteiger partial charge in [0, 0.05) is 17.3 Å². The summed E-state index contributed by atoms with van der Waals surface area (Å²) in [5.41, 5.74) is 2.03. The van der Waals surface area contributed by atoms with E-state index >= 15 is 0 Å². The second-order valence-corrected chi connectivity index (χ2v) is 9.58. The molecule has 3 rings (SSSR count). The molecule has 0 aliphatic carbocycles. The summed E-state index contributed by atoms with van der Waals surface area (Å²) in [6.45, 7) is 11.1. The number of nitrogens with zero attached hydrogens (tertiary/aromatic N) is 3. The SMILES string of the molecule is C=CCn1c(COc2ccc(C(C)(C)C)cc2)nnc1SCC(=O)Nc1ccc(Cl)cc1. The number of aromatic nitrogens is 3. The lowest BCUT2D eigenvalue weighted by atomic mass is 9.87. The van der Waals surface area contributed by atoms with Crippen molar-refractivity contribution in [3.05, 3.63) is 77.6 Å². The van der Waals surface area contributed by atoms with Gasteiger partial charge in [-0.1, -0.05) is 62.3 Å². The molecule has 0 saturated carbocycles. The molecule has 2 aromatic carbocycles. The molecule has 32 heavy (non-hydrogen) atoms. The number of allylic oxidation sites excluding steroid dienone is 1. The minimum absolute atomic E-state index is 0.0919. The van der Waals surface area contributed by atoms with Crippen LogP contribution in [0.15, 0.2) is 66.3 Å². The van der Waals surface area contributed by atoms with Crippen LogP contribution in [0.1, 0.15) is 32.2 Å². The molecule has 1 aromatic heterocycles. The van der Waals surface area contributed by atoms with Crippen molar-refractivity contribution < 1.29 is 9.53 Å². The van der Waals surface area contributed by atoms with Gasteiger partial charge in [0.25, 0.3) is 0 Å². The van der Waals surface area contributed by atoms with Crippen LogP contribution in [0.3, 0.4) is 0 Å². The predicted octanol–water partition coefficient (Wildman–Crippen LogP) is 5.72. The summed E-state index contributed by atoms with van der Waals surface area (Å²) in [7, 11) is 0. The van der Waals surface area contributed by atoms with Gasteiger partial charge in [0.2, 0.25) is 5.91 Å². The van der Waals surface area contributed by atoms with E-state index in [0.717, 1.165) is 5.75 Å². The summed E-state index contributed by atoms with van der Waals surface area (Å²) in [6, 6.07) is 15.1. The van der Waals surface area contributed by atoms with Crippen LogP contribution < -0.4 is 10.1 Å². The normalized spacial score (nSPS) is 11.2. The molecule has 3 aromatic rings. The Morgan fingerprint density at radius 3 is 2.47 bits per heavy atom. The first-order chi connectivity index (χ1) is 15.3. The molecule has 0 atom stereocenters. The van der Waals surface area contributed by atoms with Gasteiger partial charge in [0.1, 0.15) is 12.4 Å². The van der Waals surface area contributed by atoms with Crippen LogP contribution in [0.4, 0.5) is 5.69 Å². The van der Waals surface area contributed by atoms with Crippen LogP contribution in [0.25, 0.3) is 0 Å². The van der Waals surface area contributed by atoms with Crippen molar-refractivity contribution in [3.8, 4) is 5.75 Å². The molecular weight excluding hydrogens is 444 g/mol. The second-order valence-electron chi connectivity index (χ2n) is 8.20. The van der Waals surface area contributed by atoms with Crippen LogP contribution in [0.2, 0.25) is 5.02 Å². The Bertz CT molecular complexity index is 1060. The largest absolute Gasteiger partial charge is 0.486 e. The van der Waals surface area contributed by atoms with E-state index in [1.54, 1.807) is 30.3 Å². The summed E-state index contributed by atoms with van der Waals surface area (Å²) in [5, 5.41) is 12.6. The summed E-state index contributed by atoms with van der Waals surface area (Å²) < 4.78 is 7.82. The summed E-state index contributed by atoms with van der Waals surface area (Å²) in [4.78, 5) is 12.3. The molecule has 0 fully saturated rings. The van der Waals surface area contributed by atoms with Gasteiger partial charge in [0.15, 0.2) is 11.0 Å². The Morgan fingerprint density at radius 2 is 1.84 bits per heavy atom. The molecule has 0 spiro atoms.